The molecule has 3 aromatic carbocycles. The van der Waals surface area contributed by atoms with Crippen LogP contribution in [0.2, 0.25) is 0 Å². The largest absolute Gasteiger partial charge is 0.321 e. The summed E-state index contributed by atoms with van der Waals surface area (Å²) >= 11 is 4.70. The van der Waals surface area contributed by atoms with Crippen molar-refractivity contribution < 1.29 is 13.2 Å². The standard InChI is InChI=1S/C24H21BrN2O3S2/c1-15-10-16(2)12-19(11-15)26-24(28)23-14-17-13-20(6-9-22(17)31-23)27(3)32(29,30)21-7-4-18(25)5-8-21/h4-14H,1-3H3,(H,26,28). The zero-order valence-electron chi connectivity index (χ0n) is 17.7. The van der Waals surface area contributed by atoms with Gasteiger partial charge >= 0.3 is 0 Å². The van der Waals surface area contributed by atoms with E-state index < -0.39 is 10.0 Å². The Morgan fingerprint density at radius 2 is 1.59 bits per heavy atom. The van der Waals surface area contributed by atoms with Crippen LogP contribution in [-0.4, -0.2) is 21.4 Å². The molecule has 0 aliphatic rings. The molecule has 4 aromatic rings. The quantitative estimate of drug-likeness (QED) is 0.327. The van der Waals surface area contributed by atoms with Gasteiger partial charge in [0.15, 0.2) is 0 Å². The highest BCUT2D eigenvalue weighted by Crippen LogP contribution is 2.32. The van der Waals surface area contributed by atoms with Crippen molar-refractivity contribution >= 4 is 64.7 Å². The van der Waals surface area contributed by atoms with Gasteiger partial charge in [0.1, 0.15) is 0 Å². The molecule has 0 aliphatic heterocycles. The van der Waals surface area contributed by atoms with E-state index in [1.165, 1.54) is 22.7 Å². The fourth-order valence-electron chi connectivity index (χ4n) is 3.48. The number of carbonyl (C=O) groups excluding carboxylic acids is 1. The lowest BCUT2D eigenvalue weighted by molar-refractivity contribution is 0.103. The number of rotatable bonds is 5. The van der Waals surface area contributed by atoms with Gasteiger partial charge in [-0.3, -0.25) is 9.10 Å². The number of halogens is 1. The van der Waals surface area contributed by atoms with Crippen molar-refractivity contribution in [3.05, 3.63) is 87.2 Å². The Kier molecular flexibility index (Phi) is 6.11. The fraction of sp³-hybridized carbons (Fsp3) is 0.125. The first-order valence-electron chi connectivity index (χ1n) is 9.81. The first-order valence-corrected chi connectivity index (χ1v) is 12.9. The Labute approximate surface area is 199 Å². The van der Waals surface area contributed by atoms with E-state index in [0.29, 0.717) is 10.6 Å². The number of aryl methyl sites for hydroxylation is 2. The number of anilines is 2. The second-order valence-electron chi connectivity index (χ2n) is 7.59. The van der Waals surface area contributed by atoms with E-state index >= 15 is 0 Å². The van der Waals surface area contributed by atoms with Crippen molar-refractivity contribution in [2.24, 2.45) is 0 Å². The van der Waals surface area contributed by atoms with Crippen molar-refractivity contribution in [2.75, 3.05) is 16.7 Å². The van der Waals surface area contributed by atoms with Crippen LogP contribution in [0.3, 0.4) is 0 Å². The number of sulfonamides is 1. The van der Waals surface area contributed by atoms with Crippen LogP contribution in [0, 0.1) is 13.8 Å². The van der Waals surface area contributed by atoms with Crippen LogP contribution in [0.15, 0.2) is 76.1 Å². The SMILES string of the molecule is Cc1cc(C)cc(NC(=O)c2cc3cc(N(C)S(=O)(=O)c4ccc(Br)cc4)ccc3s2)c1. The summed E-state index contributed by atoms with van der Waals surface area (Å²) in [5.41, 5.74) is 3.44. The van der Waals surface area contributed by atoms with E-state index in [1.807, 2.05) is 32.0 Å². The second-order valence-corrected chi connectivity index (χ2v) is 11.6. The summed E-state index contributed by atoms with van der Waals surface area (Å²) in [4.78, 5) is 13.6. The van der Waals surface area contributed by atoms with Crippen LogP contribution < -0.4 is 9.62 Å². The van der Waals surface area contributed by atoms with E-state index in [9.17, 15) is 13.2 Å². The average molecular weight is 529 g/mol. The predicted molar refractivity (Wildman–Crippen MR) is 135 cm³/mol. The van der Waals surface area contributed by atoms with Crippen molar-refractivity contribution in [3.8, 4) is 0 Å². The first kappa shape index (κ1) is 22.5. The van der Waals surface area contributed by atoms with E-state index in [0.717, 1.165) is 31.4 Å². The predicted octanol–water partition coefficient (Wildman–Crippen LogP) is 6.36. The van der Waals surface area contributed by atoms with Gasteiger partial charge in [0.25, 0.3) is 15.9 Å². The number of thiophene rings is 1. The Morgan fingerprint density at radius 1 is 0.938 bits per heavy atom. The van der Waals surface area contributed by atoms with Crippen LogP contribution in [-0.2, 0) is 10.0 Å². The maximum Gasteiger partial charge on any atom is 0.265 e. The molecule has 8 heteroatoms. The van der Waals surface area contributed by atoms with Crippen LogP contribution >= 0.6 is 27.3 Å². The third kappa shape index (κ3) is 4.57. The number of amides is 1. The zero-order chi connectivity index (χ0) is 23.0. The molecule has 4 rings (SSSR count). The fourth-order valence-corrected chi connectivity index (χ4v) is 5.87. The van der Waals surface area contributed by atoms with Gasteiger partial charge in [0.05, 0.1) is 15.5 Å². The number of fused-ring (bicyclic) bond motifs is 1. The summed E-state index contributed by atoms with van der Waals surface area (Å²) in [6, 6.07) is 19.6. The Balaban J connectivity index is 1.61. The van der Waals surface area contributed by atoms with Gasteiger partial charge in [-0.2, -0.15) is 0 Å². The topological polar surface area (TPSA) is 66.5 Å². The molecule has 1 aromatic heterocycles. The monoisotopic (exact) mass is 528 g/mol. The highest BCUT2D eigenvalue weighted by molar-refractivity contribution is 9.10. The molecule has 0 spiro atoms. The van der Waals surface area contributed by atoms with Crippen molar-refractivity contribution in [1.82, 2.24) is 0 Å². The third-order valence-corrected chi connectivity index (χ3v) is 8.48. The van der Waals surface area contributed by atoms with Gasteiger partial charge in [0.2, 0.25) is 0 Å². The number of nitrogens with one attached hydrogen (secondary N) is 1. The molecule has 0 saturated carbocycles. The minimum Gasteiger partial charge on any atom is -0.321 e. The van der Waals surface area contributed by atoms with Crippen molar-refractivity contribution in [1.29, 1.82) is 0 Å². The van der Waals surface area contributed by atoms with Gasteiger partial charge in [-0.15, -0.1) is 11.3 Å². The van der Waals surface area contributed by atoms with Crippen molar-refractivity contribution in [2.45, 2.75) is 18.7 Å². The average Bonchev–Trinajstić information content (AvgIpc) is 3.16. The number of benzene rings is 3. The molecule has 0 unspecified atom stereocenters. The van der Waals surface area contributed by atoms with Gasteiger partial charge in [0, 0.05) is 21.9 Å². The summed E-state index contributed by atoms with van der Waals surface area (Å²) in [6.07, 6.45) is 0. The highest BCUT2D eigenvalue weighted by Gasteiger charge is 2.22. The summed E-state index contributed by atoms with van der Waals surface area (Å²) in [5.74, 6) is -0.186. The lowest BCUT2D eigenvalue weighted by atomic mass is 10.1. The number of carbonyl (C=O) groups is 1. The summed E-state index contributed by atoms with van der Waals surface area (Å²) < 4.78 is 29.0. The van der Waals surface area contributed by atoms with Gasteiger partial charge in [-0.1, -0.05) is 22.0 Å². The lowest BCUT2D eigenvalue weighted by Crippen LogP contribution is -2.26. The van der Waals surface area contributed by atoms with Crippen LogP contribution in [0.4, 0.5) is 11.4 Å². The van der Waals surface area contributed by atoms with E-state index in [1.54, 1.807) is 42.5 Å². The molecule has 1 amide bonds. The second kappa shape index (κ2) is 8.69. The van der Waals surface area contributed by atoms with Crippen LogP contribution in [0.25, 0.3) is 10.1 Å². The van der Waals surface area contributed by atoms with Crippen LogP contribution in [0.5, 0.6) is 0 Å². The molecule has 0 aliphatic carbocycles. The summed E-state index contributed by atoms with van der Waals surface area (Å²) in [5, 5.41) is 3.77. The summed E-state index contributed by atoms with van der Waals surface area (Å²) in [6.45, 7) is 3.98. The molecule has 0 bridgehead atoms. The van der Waals surface area contributed by atoms with E-state index in [4.69, 9.17) is 0 Å². The maximum absolute atomic E-state index is 13.0. The highest BCUT2D eigenvalue weighted by atomic mass is 79.9. The van der Waals surface area contributed by atoms with Gasteiger partial charge < -0.3 is 5.32 Å². The molecular weight excluding hydrogens is 508 g/mol. The van der Waals surface area contributed by atoms with Crippen molar-refractivity contribution in [3.63, 3.8) is 0 Å². The molecule has 5 nitrogen and oxygen atoms in total. The number of hydrogen-bond acceptors (Lipinski definition) is 4. The molecule has 1 heterocycles. The minimum absolute atomic E-state index is 0.186. The van der Waals surface area contributed by atoms with E-state index in [2.05, 4.69) is 27.3 Å². The molecule has 1 N–H and O–H groups in total. The molecule has 0 fully saturated rings. The Bertz CT molecular complexity index is 1410. The smallest absolute Gasteiger partial charge is 0.265 e. The van der Waals surface area contributed by atoms with Gasteiger partial charge in [-0.05, 0) is 91.0 Å². The number of nitrogens with zero attached hydrogens (tertiary/aromatic N) is 1. The first-order chi connectivity index (χ1) is 15.1. The molecule has 164 valence electrons. The normalized spacial score (nSPS) is 11.5. The molecular formula is C24H21BrN2O3S2. The third-order valence-electron chi connectivity index (χ3n) is 5.04. The maximum atomic E-state index is 13.0. The van der Waals surface area contributed by atoms with Gasteiger partial charge in [-0.25, -0.2) is 8.42 Å². The number of hydrogen-bond donors (Lipinski definition) is 1. The lowest BCUT2D eigenvalue weighted by Gasteiger charge is -2.19. The molecule has 0 radical (unpaired) electrons. The zero-order valence-corrected chi connectivity index (χ0v) is 20.9. The Morgan fingerprint density at radius 3 is 2.25 bits per heavy atom. The molecule has 0 atom stereocenters. The van der Waals surface area contributed by atoms with E-state index in [-0.39, 0.29) is 10.8 Å². The Hall–Kier alpha value is -2.68. The summed E-state index contributed by atoms with van der Waals surface area (Å²) in [7, 11) is -2.17. The van der Waals surface area contributed by atoms with Crippen LogP contribution in [0.1, 0.15) is 20.8 Å². The molecule has 32 heavy (non-hydrogen) atoms. The molecule has 0 saturated heterocycles. The minimum atomic E-state index is -3.70.